The fourth-order valence-electron chi connectivity index (χ4n) is 2.19. The van der Waals surface area contributed by atoms with Crippen molar-refractivity contribution >= 4 is 43.2 Å². The quantitative estimate of drug-likeness (QED) is 0.452. The number of anilines is 1. The Hall–Kier alpha value is -2.30. The summed E-state index contributed by atoms with van der Waals surface area (Å²) in [5.74, 6) is -0.0787. The van der Waals surface area contributed by atoms with Crippen LogP contribution in [0.15, 0.2) is 70.2 Å². The van der Waals surface area contributed by atoms with Gasteiger partial charge in [0, 0.05) is 16.4 Å². The Morgan fingerprint density at radius 2 is 1.66 bits per heavy atom. The molecule has 0 saturated carbocycles. The topological polar surface area (TPSA) is 68.3 Å². The highest BCUT2D eigenvalue weighted by molar-refractivity contribution is 9.10. The summed E-state index contributed by atoms with van der Waals surface area (Å²) in [5.41, 5.74) is -0.621. The molecule has 0 fully saturated rings. The Morgan fingerprint density at radius 3 is 2.21 bits per heavy atom. The summed E-state index contributed by atoms with van der Waals surface area (Å²) in [5, 5.41) is -0.326. The number of hydrogen-bond donors (Lipinski definition) is 1. The minimum Gasteiger partial charge on any atom is -0.438 e. The van der Waals surface area contributed by atoms with Gasteiger partial charge in [-0.15, -0.1) is 0 Å². The molecule has 5 nitrogen and oxygen atoms in total. The van der Waals surface area contributed by atoms with Gasteiger partial charge in [-0.05, 0) is 54.6 Å². The van der Waals surface area contributed by atoms with Crippen LogP contribution in [0.5, 0.6) is 11.6 Å². The SMILES string of the molecule is O=S(=O)(Nc1ccc(Br)cc1)c1ccc(Oc2ncc(C(F)(F)F)cc2Cl)cc1. The van der Waals surface area contributed by atoms with Crippen LogP contribution in [0.3, 0.4) is 0 Å². The number of alkyl halides is 3. The van der Waals surface area contributed by atoms with Crippen molar-refractivity contribution in [3.8, 4) is 11.6 Å². The molecule has 1 N–H and O–H groups in total. The van der Waals surface area contributed by atoms with Crippen LogP contribution in [-0.2, 0) is 16.2 Å². The number of nitrogens with one attached hydrogen (secondary N) is 1. The normalized spacial score (nSPS) is 11.9. The largest absolute Gasteiger partial charge is 0.438 e. The molecule has 0 aliphatic rings. The molecule has 0 atom stereocenters. The van der Waals surface area contributed by atoms with Crippen molar-refractivity contribution in [3.63, 3.8) is 0 Å². The second-order valence-corrected chi connectivity index (χ2v) is 8.70. The molecule has 11 heteroatoms. The first-order chi connectivity index (χ1) is 13.5. The lowest BCUT2D eigenvalue weighted by molar-refractivity contribution is -0.137. The number of ether oxygens (including phenoxy) is 1. The van der Waals surface area contributed by atoms with E-state index in [-0.39, 0.29) is 21.5 Å². The number of sulfonamides is 1. The molecular formula is C18H11BrClF3N2O3S. The second-order valence-electron chi connectivity index (χ2n) is 5.69. The molecule has 0 aliphatic heterocycles. The Kier molecular flexibility index (Phi) is 6.06. The minimum absolute atomic E-state index is 0.0285. The molecule has 0 saturated heterocycles. The van der Waals surface area contributed by atoms with Gasteiger partial charge in [0.05, 0.1) is 10.5 Å². The van der Waals surface area contributed by atoms with Gasteiger partial charge in [-0.25, -0.2) is 13.4 Å². The number of nitrogens with zero attached hydrogens (tertiary/aromatic N) is 1. The number of halogens is 5. The summed E-state index contributed by atoms with van der Waals surface area (Å²) < 4.78 is 71.4. The lowest BCUT2D eigenvalue weighted by atomic mass is 10.3. The van der Waals surface area contributed by atoms with Gasteiger partial charge in [0.1, 0.15) is 10.8 Å². The Balaban J connectivity index is 1.75. The second kappa shape index (κ2) is 8.21. The van der Waals surface area contributed by atoms with Gasteiger partial charge in [-0.3, -0.25) is 4.72 Å². The molecular weight excluding hydrogens is 497 g/mol. The summed E-state index contributed by atoms with van der Waals surface area (Å²) in [6.07, 6.45) is -3.98. The smallest absolute Gasteiger partial charge is 0.417 e. The van der Waals surface area contributed by atoms with E-state index in [9.17, 15) is 21.6 Å². The molecule has 0 radical (unpaired) electrons. The van der Waals surface area contributed by atoms with Crippen molar-refractivity contribution < 1.29 is 26.3 Å². The average molecular weight is 508 g/mol. The summed E-state index contributed by atoms with van der Waals surface area (Å²) in [4.78, 5) is 3.54. The van der Waals surface area contributed by atoms with E-state index in [1.807, 2.05) is 0 Å². The Bertz CT molecular complexity index is 1120. The van der Waals surface area contributed by atoms with Crippen LogP contribution in [0.4, 0.5) is 18.9 Å². The van der Waals surface area contributed by atoms with Crippen molar-refractivity contribution in [3.05, 3.63) is 75.9 Å². The van der Waals surface area contributed by atoms with E-state index in [1.165, 1.54) is 24.3 Å². The number of hydrogen-bond acceptors (Lipinski definition) is 4. The van der Waals surface area contributed by atoms with Crippen LogP contribution in [0, 0.1) is 0 Å². The third-order valence-corrected chi connectivity index (χ3v) is 5.78. The lowest BCUT2D eigenvalue weighted by Crippen LogP contribution is -2.12. The van der Waals surface area contributed by atoms with E-state index >= 15 is 0 Å². The first-order valence-electron chi connectivity index (χ1n) is 7.84. The average Bonchev–Trinajstić information content (AvgIpc) is 2.65. The van der Waals surface area contributed by atoms with Gasteiger partial charge >= 0.3 is 6.18 Å². The van der Waals surface area contributed by atoms with Crippen LogP contribution in [0.1, 0.15) is 5.56 Å². The number of rotatable bonds is 5. The van der Waals surface area contributed by atoms with Gasteiger partial charge in [-0.1, -0.05) is 27.5 Å². The third-order valence-electron chi connectivity index (χ3n) is 3.58. The lowest BCUT2D eigenvalue weighted by Gasteiger charge is -2.11. The predicted octanol–water partition coefficient (Wildman–Crippen LogP) is 6.11. The zero-order chi connectivity index (χ0) is 21.2. The number of benzene rings is 2. The minimum atomic E-state index is -4.58. The fraction of sp³-hybridized carbons (Fsp3) is 0.0556. The predicted molar refractivity (Wildman–Crippen MR) is 106 cm³/mol. The van der Waals surface area contributed by atoms with E-state index in [0.29, 0.717) is 18.0 Å². The molecule has 0 aliphatic carbocycles. The van der Waals surface area contributed by atoms with Crippen molar-refractivity contribution in [2.24, 2.45) is 0 Å². The van der Waals surface area contributed by atoms with E-state index < -0.39 is 21.8 Å². The maximum atomic E-state index is 12.7. The summed E-state index contributed by atoms with van der Waals surface area (Å²) in [6, 6.07) is 12.5. The van der Waals surface area contributed by atoms with Crippen molar-refractivity contribution in [1.82, 2.24) is 4.98 Å². The van der Waals surface area contributed by atoms with Gasteiger partial charge in [-0.2, -0.15) is 13.2 Å². The summed E-state index contributed by atoms with van der Waals surface area (Å²) >= 11 is 9.06. The van der Waals surface area contributed by atoms with Crippen molar-refractivity contribution in [1.29, 1.82) is 0 Å². The van der Waals surface area contributed by atoms with Gasteiger partial charge in [0.15, 0.2) is 0 Å². The highest BCUT2D eigenvalue weighted by Gasteiger charge is 2.31. The highest BCUT2D eigenvalue weighted by atomic mass is 79.9. The van der Waals surface area contributed by atoms with E-state index in [0.717, 1.165) is 4.47 Å². The van der Waals surface area contributed by atoms with Crippen LogP contribution >= 0.6 is 27.5 Å². The molecule has 0 amide bonds. The molecule has 152 valence electrons. The molecule has 1 aromatic heterocycles. The third kappa shape index (κ3) is 5.40. The first kappa shape index (κ1) is 21.4. The van der Waals surface area contributed by atoms with Crippen molar-refractivity contribution in [2.75, 3.05) is 4.72 Å². The van der Waals surface area contributed by atoms with E-state index in [1.54, 1.807) is 24.3 Å². The summed E-state index contributed by atoms with van der Waals surface area (Å²) in [7, 11) is -3.83. The summed E-state index contributed by atoms with van der Waals surface area (Å²) in [6.45, 7) is 0. The van der Waals surface area contributed by atoms with E-state index in [4.69, 9.17) is 16.3 Å². The van der Waals surface area contributed by atoms with Crippen molar-refractivity contribution in [2.45, 2.75) is 11.1 Å². The standard InChI is InChI=1S/C18H11BrClF3N2O3S/c19-12-1-3-13(4-2-12)25-29(26,27)15-7-5-14(6-8-15)28-17-16(20)9-11(10-24-17)18(21,22)23/h1-10,25H. The molecule has 0 unspecified atom stereocenters. The van der Waals surface area contributed by atoms with Gasteiger partial charge < -0.3 is 4.74 Å². The Morgan fingerprint density at radius 1 is 1.03 bits per heavy atom. The monoisotopic (exact) mass is 506 g/mol. The first-order valence-corrected chi connectivity index (χ1v) is 10.5. The zero-order valence-electron chi connectivity index (χ0n) is 14.2. The van der Waals surface area contributed by atoms with Crippen LogP contribution < -0.4 is 9.46 Å². The molecule has 29 heavy (non-hydrogen) atoms. The molecule has 2 aromatic carbocycles. The fourth-order valence-corrected chi connectivity index (χ4v) is 3.71. The van der Waals surface area contributed by atoms with Crippen LogP contribution in [0.25, 0.3) is 0 Å². The maximum Gasteiger partial charge on any atom is 0.417 e. The molecule has 3 aromatic rings. The molecule has 3 rings (SSSR count). The Labute approximate surface area is 177 Å². The maximum absolute atomic E-state index is 12.7. The highest BCUT2D eigenvalue weighted by Crippen LogP contribution is 2.34. The van der Waals surface area contributed by atoms with E-state index in [2.05, 4.69) is 25.6 Å². The van der Waals surface area contributed by atoms with Gasteiger partial charge in [0.2, 0.25) is 5.88 Å². The number of aromatic nitrogens is 1. The van der Waals surface area contributed by atoms with Crippen LogP contribution in [-0.4, -0.2) is 13.4 Å². The van der Waals surface area contributed by atoms with Gasteiger partial charge in [0.25, 0.3) is 10.0 Å². The number of pyridine rings is 1. The zero-order valence-corrected chi connectivity index (χ0v) is 17.4. The molecule has 0 spiro atoms. The van der Waals surface area contributed by atoms with Crippen LogP contribution in [0.2, 0.25) is 5.02 Å². The molecule has 0 bridgehead atoms. The molecule has 1 heterocycles.